The molecule has 1 aromatic carbocycles. The van der Waals surface area contributed by atoms with E-state index in [0.717, 1.165) is 18.7 Å². The number of rotatable bonds is 3. The molecule has 120 valence electrons. The van der Waals surface area contributed by atoms with Crippen molar-refractivity contribution >= 4 is 34.2 Å². The molecule has 2 atom stereocenters. The fourth-order valence-electron chi connectivity index (χ4n) is 4.60. The Morgan fingerprint density at radius 2 is 1.95 bits per heavy atom. The number of hydrogen-bond acceptors (Lipinski definition) is 2. The molecule has 1 heterocycles. The van der Waals surface area contributed by atoms with Crippen LogP contribution in [0.15, 0.2) is 24.3 Å². The summed E-state index contributed by atoms with van der Waals surface area (Å²) in [5, 5.41) is 3.27. The van der Waals surface area contributed by atoms with Gasteiger partial charge in [-0.3, -0.25) is 4.79 Å². The van der Waals surface area contributed by atoms with Gasteiger partial charge in [-0.1, -0.05) is 20.8 Å². The van der Waals surface area contributed by atoms with E-state index in [1.54, 1.807) is 0 Å². The summed E-state index contributed by atoms with van der Waals surface area (Å²) >= 11 is 2.29. The van der Waals surface area contributed by atoms with Gasteiger partial charge in [0.2, 0.25) is 5.91 Å². The number of amides is 1. The van der Waals surface area contributed by atoms with Crippen molar-refractivity contribution in [2.24, 2.45) is 10.8 Å². The molecule has 0 spiro atoms. The molecule has 0 unspecified atom stereocenters. The lowest BCUT2D eigenvalue weighted by molar-refractivity contribution is -0.130. The van der Waals surface area contributed by atoms with Crippen LogP contribution >= 0.6 is 22.6 Å². The Morgan fingerprint density at radius 1 is 1.27 bits per heavy atom. The normalized spacial score (nSPS) is 29.5. The zero-order chi connectivity index (χ0) is 16.0. The topological polar surface area (TPSA) is 32.3 Å². The number of halogens is 1. The lowest BCUT2D eigenvalue weighted by atomic mass is 9.65. The molecule has 1 amide bonds. The highest BCUT2D eigenvalue weighted by atomic mass is 127. The molecule has 3 nitrogen and oxygen atoms in total. The Labute approximate surface area is 147 Å². The van der Waals surface area contributed by atoms with E-state index in [0.29, 0.717) is 23.4 Å². The molecule has 2 fully saturated rings. The first-order valence-electron chi connectivity index (χ1n) is 8.05. The monoisotopic (exact) mass is 412 g/mol. The van der Waals surface area contributed by atoms with Crippen LogP contribution < -0.4 is 5.32 Å². The summed E-state index contributed by atoms with van der Waals surface area (Å²) in [4.78, 5) is 14.8. The van der Waals surface area contributed by atoms with Crippen LogP contribution in [-0.2, 0) is 4.79 Å². The number of carbonyl (C=O) groups is 1. The van der Waals surface area contributed by atoms with Gasteiger partial charge in [0.05, 0.1) is 6.54 Å². The summed E-state index contributed by atoms with van der Waals surface area (Å²) < 4.78 is 1.21. The van der Waals surface area contributed by atoms with Gasteiger partial charge in [-0.25, -0.2) is 0 Å². The fraction of sp³-hybridized carbons (Fsp3) is 0.611. The maximum atomic E-state index is 12.6. The Balaban J connectivity index is 1.62. The Bertz CT molecular complexity index is 569. The third-order valence-corrected chi connectivity index (χ3v) is 5.74. The Kier molecular flexibility index (Phi) is 4.16. The summed E-state index contributed by atoms with van der Waals surface area (Å²) in [7, 11) is 0. The second-order valence-corrected chi connectivity index (χ2v) is 9.34. The SMILES string of the molecule is CC1(C)C[C@@H]2C[C@@](C)(CN2C(=O)CNc2ccc(I)cc2)C1. The van der Waals surface area contributed by atoms with Crippen LogP contribution in [0, 0.1) is 14.4 Å². The number of benzene rings is 1. The Hall–Kier alpha value is -0.780. The average molecular weight is 412 g/mol. The fourth-order valence-corrected chi connectivity index (χ4v) is 4.96. The van der Waals surface area contributed by atoms with E-state index in [-0.39, 0.29) is 5.91 Å². The molecular formula is C18H25IN2O. The van der Waals surface area contributed by atoms with Crippen molar-refractivity contribution in [3.05, 3.63) is 27.8 Å². The van der Waals surface area contributed by atoms with E-state index in [4.69, 9.17) is 0 Å². The summed E-state index contributed by atoms with van der Waals surface area (Å²) in [5.41, 5.74) is 1.68. The molecule has 2 aliphatic rings. The van der Waals surface area contributed by atoms with Crippen molar-refractivity contribution in [3.63, 3.8) is 0 Å². The maximum absolute atomic E-state index is 12.6. The highest BCUT2D eigenvalue weighted by Crippen LogP contribution is 2.52. The van der Waals surface area contributed by atoms with E-state index in [2.05, 4.69) is 65.7 Å². The third-order valence-electron chi connectivity index (χ3n) is 5.02. The highest BCUT2D eigenvalue weighted by molar-refractivity contribution is 14.1. The Morgan fingerprint density at radius 3 is 2.64 bits per heavy atom. The molecule has 3 rings (SSSR count). The minimum atomic E-state index is 0.241. The van der Waals surface area contributed by atoms with E-state index in [1.807, 2.05) is 12.1 Å². The summed E-state index contributed by atoms with van der Waals surface area (Å²) in [6, 6.07) is 8.60. The summed E-state index contributed by atoms with van der Waals surface area (Å²) in [6.07, 6.45) is 3.54. The number of nitrogens with one attached hydrogen (secondary N) is 1. The molecule has 0 radical (unpaired) electrons. The second-order valence-electron chi connectivity index (χ2n) is 8.10. The predicted octanol–water partition coefficient (Wildman–Crippen LogP) is 4.13. The number of hydrogen-bond donors (Lipinski definition) is 1. The molecule has 4 heteroatoms. The predicted molar refractivity (Wildman–Crippen MR) is 98.9 cm³/mol. The lowest BCUT2D eigenvalue weighted by Crippen LogP contribution is -2.40. The first kappa shape index (κ1) is 16.1. The minimum Gasteiger partial charge on any atom is -0.376 e. The minimum absolute atomic E-state index is 0.241. The van der Waals surface area contributed by atoms with Crippen LogP contribution in [0.4, 0.5) is 5.69 Å². The number of anilines is 1. The molecule has 1 N–H and O–H groups in total. The van der Waals surface area contributed by atoms with Crippen LogP contribution in [0.2, 0.25) is 0 Å². The standard InChI is InChI=1S/C18H25IN2O/c1-17(2)8-15-9-18(3,11-17)12-21(15)16(22)10-20-14-6-4-13(19)5-7-14/h4-7,15,20H,8-12H2,1-3H3/t15-,18-/m1/s1. The quantitative estimate of drug-likeness (QED) is 0.758. The first-order valence-corrected chi connectivity index (χ1v) is 9.13. The number of fused-ring (bicyclic) bond motifs is 2. The molecule has 1 aromatic rings. The second kappa shape index (κ2) is 5.69. The van der Waals surface area contributed by atoms with Crippen molar-refractivity contribution in [2.75, 3.05) is 18.4 Å². The third kappa shape index (κ3) is 3.42. The van der Waals surface area contributed by atoms with Gasteiger partial charge in [-0.05, 0) is 76.9 Å². The van der Waals surface area contributed by atoms with E-state index >= 15 is 0 Å². The van der Waals surface area contributed by atoms with Gasteiger partial charge < -0.3 is 10.2 Å². The molecule has 22 heavy (non-hydrogen) atoms. The van der Waals surface area contributed by atoms with Crippen LogP contribution in [0.3, 0.4) is 0 Å². The van der Waals surface area contributed by atoms with Crippen molar-refractivity contribution in [1.82, 2.24) is 4.90 Å². The van der Waals surface area contributed by atoms with E-state index in [9.17, 15) is 4.79 Å². The molecule has 1 saturated heterocycles. The maximum Gasteiger partial charge on any atom is 0.242 e. The zero-order valence-corrected chi connectivity index (χ0v) is 15.8. The van der Waals surface area contributed by atoms with Crippen LogP contribution in [0.5, 0.6) is 0 Å². The summed E-state index contributed by atoms with van der Waals surface area (Å²) in [5.74, 6) is 0.241. The van der Waals surface area contributed by atoms with Crippen molar-refractivity contribution in [2.45, 2.75) is 46.1 Å². The number of likely N-dealkylation sites (tertiary alicyclic amines) is 1. The molecule has 0 aromatic heterocycles. The van der Waals surface area contributed by atoms with E-state index < -0.39 is 0 Å². The van der Waals surface area contributed by atoms with Crippen molar-refractivity contribution < 1.29 is 4.79 Å². The van der Waals surface area contributed by atoms with Crippen molar-refractivity contribution in [3.8, 4) is 0 Å². The lowest BCUT2D eigenvalue weighted by Gasteiger charge is -2.39. The molecule has 1 aliphatic heterocycles. The molecule has 1 saturated carbocycles. The van der Waals surface area contributed by atoms with Crippen LogP contribution in [0.25, 0.3) is 0 Å². The zero-order valence-electron chi connectivity index (χ0n) is 13.7. The van der Waals surface area contributed by atoms with Gasteiger partial charge in [0.15, 0.2) is 0 Å². The first-order chi connectivity index (χ1) is 10.3. The van der Waals surface area contributed by atoms with Crippen LogP contribution in [-0.4, -0.2) is 29.9 Å². The molecule has 2 bridgehead atoms. The van der Waals surface area contributed by atoms with Gasteiger partial charge in [0.1, 0.15) is 0 Å². The van der Waals surface area contributed by atoms with Gasteiger partial charge in [-0.15, -0.1) is 0 Å². The number of carbonyl (C=O) groups excluding carboxylic acids is 1. The largest absolute Gasteiger partial charge is 0.376 e. The van der Waals surface area contributed by atoms with E-state index in [1.165, 1.54) is 16.4 Å². The molecular weight excluding hydrogens is 387 g/mol. The van der Waals surface area contributed by atoms with Gasteiger partial charge in [0, 0.05) is 21.8 Å². The van der Waals surface area contributed by atoms with Crippen LogP contribution in [0.1, 0.15) is 40.0 Å². The van der Waals surface area contributed by atoms with Crippen molar-refractivity contribution in [1.29, 1.82) is 0 Å². The summed E-state index contributed by atoms with van der Waals surface area (Å²) in [6.45, 7) is 8.35. The smallest absolute Gasteiger partial charge is 0.242 e. The highest BCUT2D eigenvalue weighted by Gasteiger charge is 2.50. The van der Waals surface area contributed by atoms with Gasteiger partial charge in [-0.2, -0.15) is 0 Å². The number of nitrogens with zero attached hydrogens (tertiary/aromatic N) is 1. The van der Waals surface area contributed by atoms with Gasteiger partial charge >= 0.3 is 0 Å². The average Bonchev–Trinajstić information content (AvgIpc) is 2.67. The van der Waals surface area contributed by atoms with Gasteiger partial charge in [0.25, 0.3) is 0 Å². The molecule has 1 aliphatic carbocycles.